The van der Waals surface area contributed by atoms with Crippen LogP contribution >= 0.6 is 11.6 Å². The second kappa shape index (κ2) is 7.09. The molecule has 5 heteroatoms. The van der Waals surface area contributed by atoms with Gasteiger partial charge in [-0.25, -0.2) is 4.39 Å². The maximum atomic E-state index is 13.9. The molecule has 3 N–H and O–H groups in total. The molecule has 0 saturated carbocycles. The standard InChI is InChI=1S/C16H17ClFN3/c17-14-7-4-8-15(18)13(14)11-21(10-9-16(19)20)12-5-2-1-3-6-12/h1-8H,9-11H2,(H3,19,20). The molecule has 0 aliphatic rings. The summed E-state index contributed by atoms with van der Waals surface area (Å²) < 4.78 is 13.9. The SMILES string of the molecule is N=C(N)CCN(Cc1c(F)cccc1Cl)c1ccccc1. The molecule has 21 heavy (non-hydrogen) atoms. The number of rotatable bonds is 6. The van der Waals surface area contributed by atoms with Crippen LogP contribution in [-0.2, 0) is 6.54 Å². The number of benzene rings is 2. The lowest BCUT2D eigenvalue weighted by molar-refractivity contribution is 0.604. The highest BCUT2D eigenvalue weighted by atomic mass is 35.5. The molecule has 0 saturated heterocycles. The second-order valence-electron chi connectivity index (χ2n) is 4.73. The van der Waals surface area contributed by atoms with E-state index in [-0.39, 0.29) is 11.7 Å². The Morgan fingerprint density at radius 3 is 2.48 bits per heavy atom. The van der Waals surface area contributed by atoms with Crippen molar-refractivity contribution >= 4 is 23.1 Å². The highest BCUT2D eigenvalue weighted by molar-refractivity contribution is 6.31. The smallest absolute Gasteiger partial charge is 0.129 e. The van der Waals surface area contributed by atoms with Gasteiger partial charge in [-0.1, -0.05) is 35.9 Å². The molecule has 2 rings (SSSR count). The van der Waals surface area contributed by atoms with Gasteiger partial charge < -0.3 is 10.6 Å². The molecule has 0 aromatic heterocycles. The predicted octanol–water partition coefficient (Wildman–Crippen LogP) is 3.81. The van der Waals surface area contributed by atoms with E-state index < -0.39 is 0 Å². The van der Waals surface area contributed by atoms with Crippen LogP contribution in [0.1, 0.15) is 12.0 Å². The Morgan fingerprint density at radius 2 is 1.86 bits per heavy atom. The van der Waals surface area contributed by atoms with E-state index in [1.54, 1.807) is 12.1 Å². The Hall–Kier alpha value is -2.07. The normalized spacial score (nSPS) is 10.4. The van der Waals surface area contributed by atoms with Crippen molar-refractivity contribution in [3.8, 4) is 0 Å². The highest BCUT2D eigenvalue weighted by Gasteiger charge is 2.13. The van der Waals surface area contributed by atoms with E-state index in [4.69, 9.17) is 22.7 Å². The third-order valence-electron chi connectivity index (χ3n) is 3.18. The molecule has 0 atom stereocenters. The second-order valence-corrected chi connectivity index (χ2v) is 5.14. The molecule has 0 amide bonds. The zero-order chi connectivity index (χ0) is 15.2. The molecular formula is C16H17ClFN3. The molecule has 0 bridgehead atoms. The molecule has 0 aliphatic heterocycles. The Balaban J connectivity index is 2.25. The predicted molar refractivity (Wildman–Crippen MR) is 85.4 cm³/mol. The van der Waals surface area contributed by atoms with E-state index in [1.165, 1.54) is 6.07 Å². The number of anilines is 1. The molecule has 0 unspecified atom stereocenters. The van der Waals surface area contributed by atoms with E-state index in [9.17, 15) is 4.39 Å². The average molecular weight is 306 g/mol. The fourth-order valence-electron chi connectivity index (χ4n) is 2.07. The number of para-hydroxylation sites is 1. The van der Waals surface area contributed by atoms with Gasteiger partial charge in [-0.2, -0.15) is 0 Å². The summed E-state index contributed by atoms with van der Waals surface area (Å²) in [5, 5.41) is 7.77. The van der Waals surface area contributed by atoms with Gasteiger partial charge in [0.15, 0.2) is 0 Å². The molecule has 0 radical (unpaired) electrons. The minimum Gasteiger partial charge on any atom is -0.388 e. The van der Waals surface area contributed by atoms with Gasteiger partial charge >= 0.3 is 0 Å². The van der Waals surface area contributed by atoms with Crippen LogP contribution in [0.15, 0.2) is 48.5 Å². The number of nitrogens with two attached hydrogens (primary N) is 1. The molecule has 3 nitrogen and oxygen atoms in total. The monoisotopic (exact) mass is 305 g/mol. The van der Waals surface area contributed by atoms with Crippen molar-refractivity contribution in [2.45, 2.75) is 13.0 Å². The molecular weight excluding hydrogens is 289 g/mol. The maximum absolute atomic E-state index is 13.9. The quantitative estimate of drug-likeness (QED) is 0.630. The average Bonchev–Trinajstić information content (AvgIpc) is 2.47. The van der Waals surface area contributed by atoms with Gasteiger partial charge in [0.2, 0.25) is 0 Å². The third-order valence-corrected chi connectivity index (χ3v) is 3.54. The number of halogens is 2. The molecule has 0 aliphatic carbocycles. The molecule has 0 spiro atoms. The first kappa shape index (κ1) is 15.3. The van der Waals surface area contributed by atoms with E-state index in [1.807, 2.05) is 35.2 Å². The van der Waals surface area contributed by atoms with Crippen LogP contribution in [0.3, 0.4) is 0 Å². The van der Waals surface area contributed by atoms with Gasteiger partial charge in [-0.3, -0.25) is 5.41 Å². The summed E-state index contributed by atoms with van der Waals surface area (Å²) in [5.41, 5.74) is 6.82. The van der Waals surface area contributed by atoms with Crippen molar-refractivity contribution in [3.63, 3.8) is 0 Å². The van der Waals surface area contributed by atoms with Crippen molar-refractivity contribution in [1.29, 1.82) is 5.41 Å². The summed E-state index contributed by atoms with van der Waals surface area (Å²) >= 11 is 6.09. The van der Waals surface area contributed by atoms with Crippen LogP contribution in [0.2, 0.25) is 5.02 Å². The van der Waals surface area contributed by atoms with E-state index in [0.717, 1.165) is 5.69 Å². The summed E-state index contributed by atoms with van der Waals surface area (Å²) in [5.74, 6) is -0.221. The number of hydrogen-bond acceptors (Lipinski definition) is 2. The fraction of sp³-hybridized carbons (Fsp3) is 0.188. The molecule has 2 aromatic rings. The molecule has 0 fully saturated rings. The third kappa shape index (κ3) is 4.20. The van der Waals surface area contributed by atoms with Crippen molar-refractivity contribution in [1.82, 2.24) is 0 Å². The van der Waals surface area contributed by atoms with E-state index in [0.29, 0.717) is 30.1 Å². The Bertz CT molecular complexity index is 596. The fourth-order valence-corrected chi connectivity index (χ4v) is 2.29. The number of amidine groups is 1. The van der Waals surface area contributed by atoms with Gasteiger partial charge in [0.25, 0.3) is 0 Å². The van der Waals surface area contributed by atoms with Crippen molar-refractivity contribution in [2.75, 3.05) is 11.4 Å². The van der Waals surface area contributed by atoms with Gasteiger partial charge in [0.05, 0.1) is 5.84 Å². The molecule has 0 heterocycles. The Labute approximate surface area is 128 Å². The lowest BCUT2D eigenvalue weighted by Gasteiger charge is -2.25. The number of nitrogens with zero attached hydrogens (tertiary/aromatic N) is 1. The minimum atomic E-state index is -0.328. The Kier molecular flexibility index (Phi) is 5.17. The van der Waals surface area contributed by atoms with Crippen molar-refractivity contribution in [3.05, 3.63) is 64.9 Å². The van der Waals surface area contributed by atoms with E-state index >= 15 is 0 Å². The van der Waals surface area contributed by atoms with Gasteiger partial charge in [0, 0.05) is 35.8 Å². The van der Waals surface area contributed by atoms with Crippen LogP contribution < -0.4 is 10.6 Å². The van der Waals surface area contributed by atoms with Crippen LogP contribution in [0.5, 0.6) is 0 Å². The van der Waals surface area contributed by atoms with Gasteiger partial charge in [-0.05, 0) is 24.3 Å². The summed E-state index contributed by atoms with van der Waals surface area (Å²) in [7, 11) is 0. The first-order valence-corrected chi connectivity index (χ1v) is 7.01. The first-order valence-electron chi connectivity index (χ1n) is 6.63. The topological polar surface area (TPSA) is 53.1 Å². The summed E-state index contributed by atoms with van der Waals surface area (Å²) in [6.45, 7) is 0.868. The van der Waals surface area contributed by atoms with Crippen LogP contribution in [0, 0.1) is 11.2 Å². The highest BCUT2D eigenvalue weighted by Crippen LogP contribution is 2.24. The number of nitrogens with one attached hydrogen (secondary N) is 1. The molecule has 110 valence electrons. The summed E-state index contributed by atoms with van der Waals surface area (Å²) in [4.78, 5) is 1.96. The van der Waals surface area contributed by atoms with Gasteiger partial charge in [0.1, 0.15) is 5.82 Å². The number of hydrogen-bond donors (Lipinski definition) is 2. The van der Waals surface area contributed by atoms with E-state index in [2.05, 4.69) is 0 Å². The van der Waals surface area contributed by atoms with Crippen LogP contribution in [-0.4, -0.2) is 12.4 Å². The summed E-state index contributed by atoms with van der Waals surface area (Å²) in [6.07, 6.45) is 0.418. The first-order chi connectivity index (χ1) is 10.1. The largest absolute Gasteiger partial charge is 0.388 e. The zero-order valence-corrected chi connectivity index (χ0v) is 12.3. The summed E-state index contributed by atoms with van der Waals surface area (Å²) in [6, 6.07) is 14.3. The lowest BCUT2D eigenvalue weighted by Crippen LogP contribution is -2.28. The molecule has 2 aromatic carbocycles. The van der Waals surface area contributed by atoms with Crippen molar-refractivity contribution < 1.29 is 4.39 Å². The van der Waals surface area contributed by atoms with Crippen LogP contribution in [0.25, 0.3) is 0 Å². The minimum absolute atomic E-state index is 0.107. The lowest BCUT2D eigenvalue weighted by atomic mass is 10.1. The van der Waals surface area contributed by atoms with Crippen molar-refractivity contribution in [2.24, 2.45) is 5.73 Å². The zero-order valence-electron chi connectivity index (χ0n) is 11.5. The Morgan fingerprint density at radius 1 is 1.14 bits per heavy atom. The van der Waals surface area contributed by atoms with Crippen LogP contribution in [0.4, 0.5) is 10.1 Å². The van der Waals surface area contributed by atoms with Gasteiger partial charge in [-0.15, -0.1) is 0 Å². The maximum Gasteiger partial charge on any atom is 0.129 e.